The van der Waals surface area contributed by atoms with Crippen molar-refractivity contribution >= 4 is 23.6 Å². The Kier molecular flexibility index (Phi) is 35.8. The van der Waals surface area contributed by atoms with Crippen LogP contribution in [0.1, 0.15) is 34.6 Å². The quantitative estimate of drug-likeness (QED) is 0.0306. The van der Waals surface area contributed by atoms with E-state index < -0.39 is 390 Å². The second-order valence-electron chi connectivity index (χ2n) is 31.0. The van der Waals surface area contributed by atoms with Crippen LogP contribution in [0.15, 0.2) is 0 Å². The van der Waals surface area contributed by atoms with Crippen molar-refractivity contribution in [2.24, 2.45) is 0 Å². The van der Waals surface area contributed by atoms with E-state index in [9.17, 15) is 157 Å². The lowest BCUT2D eigenvalue weighted by molar-refractivity contribution is -0.399. The Morgan fingerprint density at radius 1 is 0.230 bits per heavy atom. The summed E-state index contributed by atoms with van der Waals surface area (Å²) in [4.78, 5) is 52.0. The number of carbonyl (C=O) groups is 4. The fourth-order valence-corrected chi connectivity index (χ4v) is 15.9. The predicted molar refractivity (Wildman–Crippen MR) is 375 cm³/mol. The average Bonchev–Trinajstić information content (AvgIpc) is 0.764. The molecule has 0 saturated carbocycles. The van der Waals surface area contributed by atoms with Gasteiger partial charge in [0.05, 0.1) is 65.6 Å². The summed E-state index contributed by atoms with van der Waals surface area (Å²) >= 11 is 0. The molecule has 0 radical (unpaired) electrons. The van der Waals surface area contributed by atoms with Gasteiger partial charge >= 0.3 is 0 Å². The van der Waals surface area contributed by atoms with Gasteiger partial charge in [0.2, 0.25) is 23.6 Å². The summed E-state index contributed by atoms with van der Waals surface area (Å²) in [6, 6.07) is -7.71. The van der Waals surface area contributed by atoms with Gasteiger partial charge < -0.3 is 249 Å². The smallest absolute Gasteiger partial charge is 0.217 e. The van der Waals surface area contributed by atoms with Gasteiger partial charge in [-0.1, -0.05) is 0 Å². The van der Waals surface area contributed by atoms with Crippen LogP contribution in [0.5, 0.6) is 0 Å². The molecule has 0 aromatic rings. The minimum Gasteiger partial charge on any atom is -0.394 e. The Hall–Kier alpha value is -3.96. The Labute approximate surface area is 691 Å². The molecule has 0 aromatic carbocycles. The number of ether oxygens (including phenoxy) is 19. The third-order valence-electron chi connectivity index (χ3n) is 22.4. The zero-order valence-corrected chi connectivity index (χ0v) is 65.7. The summed E-state index contributed by atoms with van der Waals surface area (Å²) in [6.07, 6.45) is -95.8. The van der Waals surface area contributed by atoms with E-state index in [1.54, 1.807) is 0 Å². The Morgan fingerprint density at radius 3 is 0.877 bits per heavy atom. The van der Waals surface area contributed by atoms with Crippen molar-refractivity contribution in [2.45, 2.75) is 341 Å². The molecule has 0 unspecified atom stereocenters. The Bertz CT molecular complexity index is 3290. The van der Waals surface area contributed by atoms with Gasteiger partial charge in [0.25, 0.3) is 0 Å². The largest absolute Gasteiger partial charge is 0.394 e. The molecule has 122 heavy (non-hydrogen) atoms. The number of hydrogen-bond donors (Lipinski definition) is 31. The van der Waals surface area contributed by atoms with Crippen LogP contribution in [-0.4, -0.2) is 528 Å². The lowest BCUT2D eigenvalue weighted by atomic mass is 9.93. The second kappa shape index (κ2) is 43.6. The van der Waals surface area contributed by atoms with E-state index in [0.29, 0.717) is 0 Å². The predicted octanol–water partition coefficient (Wildman–Crippen LogP) is -21.2. The molecule has 10 aliphatic rings. The van der Waals surface area contributed by atoms with E-state index in [1.807, 2.05) is 0 Å². The molecule has 10 rings (SSSR count). The van der Waals surface area contributed by atoms with Gasteiger partial charge in [-0.05, 0) is 6.92 Å². The van der Waals surface area contributed by atoms with E-state index in [0.717, 1.165) is 27.7 Å². The van der Waals surface area contributed by atoms with Crippen LogP contribution < -0.4 is 21.3 Å². The molecule has 10 heterocycles. The topological polar surface area (TPSA) is 838 Å². The fraction of sp³-hybridized carbons (Fsp3) is 0.941. The standard InChI is InChI=1S/C68H114N4O50/c1-15-33(85)42(94)47(99)63(105-15)119-55-32(72-19(5)84)59(103)106-27(13-80)54(55)118-60-29(69-16(2)81)39(91)53(26(12-79)111-60)117-66-50(102)56(120-68-58(46(98)37(89)23(9-76)110-68)122-62-31(71-18(4)83)41(93)52(25(11-78)113-62)116-65-49(101)44(96)35(87)21(7-74)108-65)38(90)28(114-66)14-104-67-57(45(97)36(88)22(8-75)109-67)121-61-30(70-17(3)82)40(92)51(24(10-77)112-61)115-64-48(100)43(95)34(86)20(6-73)107-64/h15,20-68,73-80,85-103H,6-14H2,1-5H3,(H,69,81)(H,70,82)(H,71,83)(H,72,84)/t15-,20-,21-,22-,23-,24-,25-,26-,27-,28-,29-,30-,31-,32-,33+,34+,35+,36-,37-,38-,39-,40-,41-,42+,43+,44+,45+,46+,47-,48-,49-,50+,51-,52-,53-,54-,55-,56+,57+,58+,59-,60+,61+,62+,63-,64+,65+,66+,67+,68-/m1/s1. The van der Waals surface area contributed by atoms with Crippen LogP contribution in [0, 0.1) is 0 Å². The number of amides is 4. The Balaban J connectivity index is 0.993. The molecular formula is C68H114N4O50. The second-order valence-corrected chi connectivity index (χ2v) is 31.0. The average molecular weight is 1790 g/mol. The van der Waals surface area contributed by atoms with Gasteiger partial charge in [0, 0.05) is 27.7 Å². The van der Waals surface area contributed by atoms with Gasteiger partial charge in [-0.3, -0.25) is 19.2 Å². The molecule has 10 saturated heterocycles. The third-order valence-corrected chi connectivity index (χ3v) is 22.4. The van der Waals surface area contributed by atoms with Gasteiger partial charge in [-0.2, -0.15) is 0 Å². The molecule has 50 atom stereocenters. The van der Waals surface area contributed by atoms with Gasteiger partial charge in [-0.15, -0.1) is 0 Å². The molecule has 706 valence electrons. The molecule has 0 bridgehead atoms. The van der Waals surface area contributed by atoms with Crippen molar-refractivity contribution in [1.82, 2.24) is 21.3 Å². The SMILES string of the molecule is CC(=O)N[C@@H]1[C@@H](O[C@H]2O[C@H](C)[C@H](O)[C@H](O)[C@H]2O)[C@H](O[C@@H]2O[C@H](CO)[C@@H](O[C@@H]3O[C@H](CO[C@H]4O[C@H](CO)[C@@H](O)[C@H](O)[C@@H]4O[C@@H]4O[C@H](CO)[C@@H](O[C@@H]5O[C@H](CO)[C@H](O)[C@H](O)[C@H]5O)[C@H](O)[C@H]4NC(C)=O)[C@@H](O)[C@H](O[C@H]4O[C@H](CO)[C@@H](O)[C@H](O)[C@@H]4O[C@@H]4O[C@H](CO)[C@@H](O[C@@H]5O[C@H](CO)[C@H](O)[C@H](O)[C@H]5O)[C@H](O)[C@H]4NC(C)=O)[C@@H]3O)[C@H](O)[C@H]2NC(C)=O)[C@@H](CO)O[C@H]1O. The van der Waals surface area contributed by atoms with E-state index in [-0.39, 0.29) is 0 Å². The summed E-state index contributed by atoms with van der Waals surface area (Å²) in [7, 11) is 0. The van der Waals surface area contributed by atoms with Crippen LogP contribution in [0.2, 0.25) is 0 Å². The van der Waals surface area contributed by atoms with Crippen LogP contribution in [0.25, 0.3) is 0 Å². The lowest BCUT2D eigenvalue weighted by Gasteiger charge is -2.51. The molecule has 0 aromatic heterocycles. The number of aliphatic hydroxyl groups excluding tert-OH is 27. The number of nitrogens with one attached hydrogen (secondary N) is 4. The van der Waals surface area contributed by atoms with Crippen molar-refractivity contribution < 1.29 is 247 Å². The summed E-state index contributed by atoms with van der Waals surface area (Å²) < 4.78 is 113. The molecule has 4 amide bonds. The zero-order chi connectivity index (χ0) is 89.8. The van der Waals surface area contributed by atoms with Crippen LogP contribution >= 0.6 is 0 Å². The van der Waals surface area contributed by atoms with E-state index in [1.165, 1.54) is 6.92 Å². The summed E-state index contributed by atoms with van der Waals surface area (Å²) in [5.74, 6) is -3.78. The van der Waals surface area contributed by atoms with Crippen molar-refractivity contribution in [3.05, 3.63) is 0 Å². The van der Waals surface area contributed by atoms with Crippen LogP contribution in [0.4, 0.5) is 0 Å². The number of rotatable bonds is 31. The highest BCUT2D eigenvalue weighted by Crippen LogP contribution is 2.41. The maximum Gasteiger partial charge on any atom is 0.217 e. The maximum absolute atomic E-state index is 13.3. The summed E-state index contributed by atoms with van der Waals surface area (Å²) in [5, 5.41) is 310. The lowest BCUT2D eigenvalue weighted by Crippen LogP contribution is -2.71. The van der Waals surface area contributed by atoms with Gasteiger partial charge in [0.15, 0.2) is 62.9 Å². The molecule has 0 spiro atoms. The van der Waals surface area contributed by atoms with Gasteiger partial charge in [0.1, 0.15) is 238 Å². The van der Waals surface area contributed by atoms with Gasteiger partial charge in [-0.25, -0.2) is 0 Å². The molecule has 10 fully saturated rings. The number of hydrogen-bond acceptors (Lipinski definition) is 50. The number of carbonyl (C=O) groups excluding carboxylic acids is 4. The molecule has 0 aliphatic carbocycles. The molecule has 31 N–H and O–H groups in total. The first-order valence-electron chi connectivity index (χ1n) is 39.0. The normalized spacial score (nSPS) is 49.7. The highest BCUT2D eigenvalue weighted by molar-refractivity contribution is 5.74. The minimum absolute atomic E-state index is 0.863. The summed E-state index contributed by atoms with van der Waals surface area (Å²) in [6.45, 7) is -5.14. The first-order chi connectivity index (χ1) is 57.7. The first kappa shape index (κ1) is 100. The highest BCUT2D eigenvalue weighted by Gasteiger charge is 2.62. The zero-order valence-electron chi connectivity index (χ0n) is 65.7. The van der Waals surface area contributed by atoms with Crippen molar-refractivity contribution in [3.8, 4) is 0 Å². The van der Waals surface area contributed by atoms with Crippen molar-refractivity contribution in [1.29, 1.82) is 0 Å². The van der Waals surface area contributed by atoms with E-state index >= 15 is 0 Å². The van der Waals surface area contributed by atoms with E-state index in [4.69, 9.17) is 90.0 Å². The molecular weight excluding hydrogens is 1670 g/mol. The molecule has 10 aliphatic heterocycles. The summed E-state index contributed by atoms with van der Waals surface area (Å²) in [5.41, 5.74) is 0. The molecule has 54 nitrogen and oxygen atoms in total. The van der Waals surface area contributed by atoms with Crippen molar-refractivity contribution in [2.75, 3.05) is 59.5 Å². The van der Waals surface area contributed by atoms with Crippen LogP contribution in [0.3, 0.4) is 0 Å². The maximum atomic E-state index is 13.3. The van der Waals surface area contributed by atoms with Crippen LogP contribution in [-0.2, 0) is 109 Å². The first-order valence-corrected chi connectivity index (χ1v) is 39.0. The third kappa shape index (κ3) is 21.9. The Morgan fingerprint density at radius 2 is 0.500 bits per heavy atom. The molecule has 54 heteroatoms. The fourth-order valence-electron chi connectivity index (χ4n) is 15.9. The number of aliphatic hydroxyl groups is 27. The van der Waals surface area contributed by atoms with E-state index in [2.05, 4.69) is 21.3 Å². The van der Waals surface area contributed by atoms with Crippen molar-refractivity contribution in [3.63, 3.8) is 0 Å². The monoisotopic (exact) mass is 1790 g/mol. The minimum atomic E-state index is -2.63. The highest BCUT2D eigenvalue weighted by atomic mass is 16.8.